The van der Waals surface area contributed by atoms with Crippen molar-refractivity contribution in [1.29, 1.82) is 0 Å². The van der Waals surface area contributed by atoms with Gasteiger partial charge in [0.1, 0.15) is 0 Å². The summed E-state index contributed by atoms with van der Waals surface area (Å²) < 4.78 is 0. The Bertz CT molecular complexity index is 291. The van der Waals surface area contributed by atoms with Gasteiger partial charge in [0.2, 0.25) is 0 Å². The van der Waals surface area contributed by atoms with E-state index in [1.165, 1.54) is 19.3 Å². The van der Waals surface area contributed by atoms with Crippen LogP contribution >= 0.6 is 0 Å². The van der Waals surface area contributed by atoms with E-state index in [-0.39, 0.29) is 0 Å². The topological polar surface area (TPSA) is 26.0 Å². The predicted molar refractivity (Wildman–Crippen MR) is 70.5 cm³/mol. The van der Waals surface area contributed by atoms with Gasteiger partial charge >= 0.3 is 0 Å². The van der Waals surface area contributed by atoms with Gasteiger partial charge in [0.15, 0.2) is 0 Å². The molecule has 5 saturated carbocycles. The molecule has 1 unspecified atom stereocenters. The van der Waals surface area contributed by atoms with E-state index >= 15 is 0 Å². The average molecular weight is 233 g/mol. The molecule has 0 aromatic carbocycles. The number of hydrogen-bond acceptors (Lipinski definition) is 1. The molecular formula is C16H27N. The van der Waals surface area contributed by atoms with Crippen LogP contribution in [0.2, 0.25) is 0 Å². The van der Waals surface area contributed by atoms with Crippen LogP contribution in [0.1, 0.15) is 64.7 Å². The number of nitrogens with two attached hydrogens (primary N) is 1. The van der Waals surface area contributed by atoms with Gasteiger partial charge in [-0.25, -0.2) is 0 Å². The lowest BCUT2D eigenvalue weighted by atomic mass is 9.37. The van der Waals surface area contributed by atoms with Gasteiger partial charge in [-0.15, -0.1) is 0 Å². The molecule has 0 heterocycles. The van der Waals surface area contributed by atoms with Crippen LogP contribution in [-0.4, -0.2) is 6.04 Å². The van der Waals surface area contributed by atoms with E-state index in [2.05, 4.69) is 6.92 Å². The Kier molecular flexibility index (Phi) is 2.10. The predicted octanol–water partition coefficient (Wildman–Crippen LogP) is 3.72. The fourth-order valence-corrected chi connectivity index (χ4v) is 6.75. The minimum atomic E-state index is 0.437. The Morgan fingerprint density at radius 2 is 1.41 bits per heavy atom. The van der Waals surface area contributed by atoms with Crippen molar-refractivity contribution in [2.24, 2.45) is 34.3 Å². The first-order valence-corrected chi connectivity index (χ1v) is 7.89. The second kappa shape index (κ2) is 3.29. The molecule has 1 heteroatoms. The molecule has 17 heavy (non-hydrogen) atoms. The Balaban J connectivity index is 1.72. The van der Waals surface area contributed by atoms with Crippen molar-refractivity contribution in [3.05, 3.63) is 0 Å². The first kappa shape index (κ1) is 10.8. The summed E-state index contributed by atoms with van der Waals surface area (Å²) in [4.78, 5) is 0. The molecule has 5 fully saturated rings. The average Bonchev–Trinajstić information content (AvgIpc) is 2.10. The van der Waals surface area contributed by atoms with Crippen LogP contribution in [0.3, 0.4) is 0 Å². The van der Waals surface area contributed by atoms with E-state index in [4.69, 9.17) is 5.73 Å². The van der Waals surface area contributed by atoms with Gasteiger partial charge in [-0.1, -0.05) is 6.42 Å². The third-order valence-corrected chi connectivity index (χ3v) is 7.21. The monoisotopic (exact) mass is 233 g/mol. The summed E-state index contributed by atoms with van der Waals surface area (Å²) in [6, 6.07) is 0.437. The van der Waals surface area contributed by atoms with Gasteiger partial charge in [-0.3, -0.25) is 0 Å². The molecule has 96 valence electrons. The molecule has 5 rings (SSSR count). The van der Waals surface area contributed by atoms with Crippen LogP contribution in [0.25, 0.3) is 0 Å². The highest BCUT2D eigenvalue weighted by atomic mass is 14.8. The molecule has 1 atom stereocenters. The summed E-state index contributed by atoms with van der Waals surface area (Å²) in [6.45, 7) is 2.30. The molecule has 5 aliphatic carbocycles. The van der Waals surface area contributed by atoms with Gasteiger partial charge in [-0.05, 0) is 86.9 Å². The van der Waals surface area contributed by atoms with Crippen molar-refractivity contribution < 1.29 is 0 Å². The second-order valence-electron chi connectivity index (χ2n) is 8.00. The first-order valence-electron chi connectivity index (χ1n) is 7.89. The van der Waals surface area contributed by atoms with E-state index in [0.29, 0.717) is 16.9 Å². The zero-order valence-electron chi connectivity index (χ0n) is 11.3. The van der Waals surface area contributed by atoms with Crippen LogP contribution in [-0.2, 0) is 0 Å². The minimum absolute atomic E-state index is 0.437. The Morgan fingerprint density at radius 1 is 0.941 bits per heavy atom. The number of rotatable bonds is 2. The molecule has 0 aromatic rings. The van der Waals surface area contributed by atoms with Crippen LogP contribution in [0.5, 0.6) is 0 Å². The third-order valence-electron chi connectivity index (χ3n) is 7.21. The zero-order chi connectivity index (χ0) is 11.7. The highest BCUT2D eigenvalue weighted by Gasteiger charge is 2.62. The van der Waals surface area contributed by atoms with Crippen molar-refractivity contribution in [2.45, 2.75) is 70.8 Å². The third kappa shape index (κ3) is 1.25. The number of hydrogen-bond donors (Lipinski definition) is 1. The van der Waals surface area contributed by atoms with Gasteiger partial charge in [-0.2, -0.15) is 0 Å². The van der Waals surface area contributed by atoms with Gasteiger partial charge in [0, 0.05) is 6.04 Å². The fourth-order valence-electron chi connectivity index (χ4n) is 6.75. The maximum atomic E-state index is 6.45. The lowest BCUT2D eigenvalue weighted by Gasteiger charge is -2.68. The maximum absolute atomic E-state index is 6.45. The van der Waals surface area contributed by atoms with Crippen molar-refractivity contribution >= 4 is 0 Å². The van der Waals surface area contributed by atoms with Gasteiger partial charge in [0.05, 0.1) is 0 Å². The Hall–Kier alpha value is -0.0400. The lowest BCUT2D eigenvalue weighted by Crippen LogP contribution is -2.62. The van der Waals surface area contributed by atoms with E-state index in [1.54, 1.807) is 38.5 Å². The van der Waals surface area contributed by atoms with E-state index in [9.17, 15) is 0 Å². The summed E-state index contributed by atoms with van der Waals surface area (Å²) in [5.41, 5.74) is 7.70. The smallest absolute Gasteiger partial charge is 0.00723 e. The Morgan fingerprint density at radius 3 is 1.71 bits per heavy atom. The summed E-state index contributed by atoms with van der Waals surface area (Å²) in [7, 11) is 0. The van der Waals surface area contributed by atoms with E-state index in [0.717, 1.165) is 17.8 Å². The molecule has 0 amide bonds. The maximum Gasteiger partial charge on any atom is 0.00723 e. The normalized spacial score (nSPS) is 52.2. The molecule has 0 radical (unpaired) electrons. The molecule has 2 N–H and O–H groups in total. The second-order valence-corrected chi connectivity index (χ2v) is 8.00. The van der Waals surface area contributed by atoms with Gasteiger partial charge < -0.3 is 5.73 Å². The van der Waals surface area contributed by atoms with Crippen molar-refractivity contribution in [2.75, 3.05) is 0 Å². The summed E-state index contributed by atoms with van der Waals surface area (Å²) in [5.74, 6) is 3.24. The van der Waals surface area contributed by atoms with Crippen molar-refractivity contribution in [1.82, 2.24) is 0 Å². The van der Waals surface area contributed by atoms with Gasteiger partial charge in [0.25, 0.3) is 0 Å². The van der Waals surface area contributed by atoms with E-state index < -0.39 is 0 Å². The summed E-state index contributed by atoms with van der Waals surface area (Å²) in [5, 5.41) is 0. The molecule has 5 aliphatic rings. The molecule has 0 aromatic heterocycles. The molecule has 0 aliphatic heterocycles. The van der Waals surface area contributed by atoms with E-state index in [1.807, 2.05) is 0 Å². The molecule has 1 nitrogen and oxygen atoms in total. The van der Waals surface area contributed by atoms with Crippen molar-refractivity contribution in [3.63, 3.8) is 0 Å². The van der Waals surface area contributed by atoms with Crippen LogP contribution in [0.4, 0.5) is 0 Å². The quantitative estimate of drug-likeness (QED) is 0.773. The van der Waals surface area contributed by atoms with Crippen LogP contribution in [0.15, 0.2) is 0 Å². The largest absolute Gasteiger partial charge is 0.327 e. The van der Waals surface area contributed by atoms with Crippen LogP contribution in [0, 0.1) is 28.6 Å². The SMILES string of the molecule is CC(N)C1(C23CC4CC(CC(C4)C2)C3)CCC1. The van der Waals surface area contributed by atoms with Crippen LogP contribution < -0.4 is 5.73 Å². The summed E-state index contributed by atoms with van der Waals surface area (Å²) >= 11 is 0. The van der Waals surface area contributed by atoms with Crippen molar-refractivity contribution in [3.8, 4) is 0 Å². The highest BCUT2D eigenvalue weighted by molar-refractivity contribution is 5.13. The summed E-state index contributed by atoms with van der Waals surface area (Å²) in [6.07, 6.45) is 13.6. The molecule has 4 bridgehead atoms. The minimum Gasteiger partial charge on any atom is -0.327 e. The fraction of sp³-hybridized carbons (Fsp3) is 1.00. The Labute approximate surface area is 106 Å². The molecule has 0 saturated heterocycles. The highest BCUT2D eigenvalue weighted by Crippen LogP contribution is 2.71. The zero-order valence-corrected chi connectivity index (χ0v) is 11.3. The molecular weight excluding hydrogens is 206 g/mol. The molecule has 0 spiro atoms. The first-order chi connectivity index (χ1) is 8.14. The standard InChI is InChI=1S/C16H27N/c1-11(17)16(3-2-4-16)15-8-12-5-13(9-15)7-14(6-12)10-15/h11-14H,2-10,17H2,1H3. The lowest BCUT2D eigenvalue weighted by molar-refractivity contribution is -0.170.